The van der Waals surface area contributed by atoms with Crippen LogP contribution in [0.25, 0.3) is 0 Å². The average molecular weight is 655 g/mol. The Morgan fingerprint density at radius 3 is 1.40 bits per heavy atom. The molecule has 0 N–H and O–H groups in total. The van der Waals surface area contributed by atoms with Gasteiger partial charge in [0.1, 0.15) is 6.61 Å². The second-order valence-electron chi connectivity index (χ2n) is 14.6. The third-order valence-electron chi connectivity index (χ3n) is 9.74. The number of carbonyl (C=O) groups is 1. The monoisotopic (exact) mass is 655 g/mol. The van der Waals surface area contributed by atoms with Crippen LogP contribution in [0, 0.1) is 5.92 Å². The van der Waals surface area contributed by atoms with Crippen LogP contribution in [-0.4, -0.2) is 18.7 Å². The standard InChI is InChI=1S/C44H78O3/c1-5-7-9-11-13-15-17-19-21-23-25-27-32-36-43(47-39-41-33-29-28-30-34-41)42(44(45)46-38-37-40(3)4)35-31-26-24-22-20-18-16-14-12-10-8-6-2/h28-30,33-34,37,42-43H,5-27,31-32,35-36,38-39H2,1-4H3/t42-,43-/m1/s1. The number of benzene rings is 1. The Bertz CT molecular complexity index is 828. The number of carbonyl (C=O) groups excluding carboxylic acids is 1. The van der Waals surface area contributed by atoms with Gasteiger partial charge in [-0.1, -0.05) is 210 Å². The van der Waals surface area contributed by atoms with Crippen LogP contribution in [-0.2, 0) is 20.9 Å². The first kappa shape index (κ1) is 43.4. The molecule has 47 heavy (non-hydrogen) atoms. The predicted octanol–water partition coefficient (Wildman–Crippen LogP) is 14.3. The number of ether oxygens (including phenoxy) is 2. The van der Waals surface area contributed by atoms with Gasteiger partial charge in [0.05, 0.1) is 18.6 Å². The molecule has 0 aromatic heterocycles. The van der Waals surface area contributed by atoms with Crippen molar-refractivity contribution in [3.8, 4) is 0 Å². The maximum Gasteiger partial charge on any atom is 0.311 e. The van der Waals surface area contributed by atoms with Crippen LogP contribution in [0.4, 0.5) is 0 Å². The van der Waals surface area contributed by atoms with Crippen molar-refractivity contribution in [3.05, 3.63) is 47.5 Å². The molecule has 0 aliphatic rings. The van der Waals surface area contributed by atoms with E-state index in [4.69, 9.17) is 9.47 Å². The van der Waals surface area contributed by atoms with Gasteiger partial charge in [-0.25, -0.2) is 0 Å². The predicted molar refractivity (Wildman–Crippen MR) is 205 cm³/mol. The maximum atomic E-state index is 13.5. The van der Waals surface area contributed by atoms with E-state index >= 15 is 0 Å². The normalized spacial score (nSPS) is 12.6. The smallest absolute Gasteiger partial charge is 0.311 e. The highest BCUT2D eigenvalue weighted by atomic mass is 16.5. The molecule has 0 saturated carbocycles. The number of hydrogen-bond donors (Lipinski definition) is 0. The van der Waals surface area contributed by atoms with Crippen LogP contribution in [0.3, 0.4) is 0 Å². The lowest BCUT2D eigenvalue weighted by atomic mass is 9.91. The second-order valence-corrected chi connectivity index (χ2v) is 14.6. The number of esters is 1. The van der Waals surface area contributed by atoms with Crippen molar-refractivity contribution in [1.82, 2.24) is 0 Å². The Hall–Kier alpha value is -1.61. The summed E-state index contributed by atoms with van der Waals surface area (Å²) in [5.41, 5.74) is 2.35. The molecule has 0 bridgehead atoms. The first-order chi connectivity index (χ1) is 23.1. The molecule has 3 nitrogen and oxygen atoms in total. The van der Waals surface area contributed by atoms with E-state index < -0.39 is 0 Å². The Morgan fingerprint density at radius 2 is 0.979 bits per heavy atom. The van der Waals surface area contributed by atoms with E-state index in [9.17, 15) is 4.79 Å². The van der Waals surface area contributed by atoms with Crippen molar-refractivity contribution in [2.45, 2.75) is 214 Å². The average Bonchev–Trinajstić information content (AvgIpc) is 3.07. The lowest BCUT2D eigenvalue weighted by Crippen LogP contribution is -2.32. The van der Waals surface area contributed by atoms with Crippen molar-refractivity contribution in [2.24, 2.45) is 5.92 Å². The molecule has 1 aromatic rings. The van der Waals surface area contributed by atoms with E-state index in [2.05, 4.69) is 52.0 Å². The van der Waals surface area contributed by atoms with E-state index in [0.717, 1.165) is 25.7 Å². The van der Waals surface area contributed by atoms with Crippen LogP contribution >= 0.6 is 0 Å². The van der Waals surface area contributed by atoms with E-state index in [0.29, 0.717) is 13.2 Å². The lowest BCUT2D eigenvalue weighted by molar-refractivity contribution is -0.154. The number of rotatable bonds is 34. The molecule has 0 aliphatic carbocycles. The van der Waals surface area contributed by atoms with Crippen molar-refractivity contribution >= 4 is 5.97 Å². The second kappa shape index (κ2) is 32.9. The summed E-state index contributed by atoms with van der Waals surface area (Å²) in [4.78, 5) is 13.5. The largest absolute Gasteiger partial charge is 0.461 e. The molecule has 272 valence electrons. The zero-order valence-electron chi connectivity index (χ0n) is 31.8. The fraction of sp³-hybridized carbons (Fsp3) is 0.795. The Labute approximate surface area is 293 Å². The van der Waals surface area contributed by atoms with E-state index in [1.54, 1.807) is 0 Å². The first-order valence-corrected chi connectivity index (χ1v) is 20.5. The van der Waals surface area contributed by atoms with E-state index in [1.807, 2.05) is 12.1 Å². The van der Waals surface area contributed by atoms with Gasteiger partial charge in [0.15, 0.2) is 0 Å². The summed E-state index contributed by atoms with van der Waals surface area (Å²) < 4.78 is 12.4. The van der Waals surface area contributed by atoms with Gasteiger partial charge in [0, 0.05) is 0 Å². The van der Waals surface area contributed by atoms with Crippen molar-refractivity contribution in [2.75, 3.05) is 6.61 Å². The molecule has 0 spiro atoms. The maximum absolute atomic E-state index is 13.5. The number of hydrogen-bond acceptors (Lipinski definition) is 3. The molecule has 0 saturated heterocycles. The van der Waals surface area contributed by atoms with Gasteiger partial charge in [-0.15, -0.1) is 0 Å². The fourth-order valence-corrected chi connectivity index (χ4v) is 6.60. The minimum absolute atomic E-state index is 0.0710. The van der Waals surface area contributed by atoms with Gasteiger partial charge in [-0.05, 0) is 38.3 Å². The lowest BCUT2D eigenvalue weighted by Gasteiger charge is -2.26. The molecule has 0 heterocycles. The van der Waals surface area contributed by atoms with E-state index in [-0.39, 0.29) is 18.0 Å². The third-order valence-corrected chi connectivity index (χ3v) is 9.74. The molecule has 1 aromatic carbocycles. The van der Waals surface area contributed by atoms with E-state index in [1.165, 1.54) is 159 Å². The van der Waals surface area contributed by atoms with Crippen molar-refractivity contribution in [1.29, 1.82) is 0 Å². The molecule has 0 amide bonds. The van der Waals surface area contributed by atoms with Gasteiger partial charge >= 0.3 is 5.97 Å². The van der Waals surface area contributed by atoms with Crippen LogP contribution in [0.2, 0.25) is 0 Å². The van der Waals surface area contributed by atoms with Gasteiger partial charge < -0.3 is 9.47 Å². The zero-order valence-corrected chi connectivity index (χ0v) is 31.8. The highest BCUT2D eigenvalue weighted by Gasteiger charge is 2.30. The molecule has 3 heteroatoms. The summed E-state index contributed by atoms with van der Waals surface area (Å²) in [5, 5.41) is 0. The molecule has 0 unspecified atom stereocenters. The Morgan fingerprint density at radius 1 is 0.574 bits per heavy atom. The van der Waals surface area contributed by atoms with Gasteiger partial charge in [-0.2, -0.15) is 0 Å². The highest BCUT2D eigenvalue weighted by Crippen LogP contribution is 2.26. The molecular weight excluding hydrogens is 576 g/mol. The molecule has 0 aliphatic heterocycles. The highest BCUT2D eigenvalue weighted by molar-refractivity contribution is 5.73. The van der Waals surface area contributed by atoms with Gasteiger partial charge in [0.25, 0.3) is 0 Å². The Kier molecular flexibility index (Phi) is 30.4. The molecule has 1 rings (SSSR count). The topological polar surface area (TPSA) is 35.5 Å². The van der Waals surface area contributed by atoms with Crippen molar-refractivity contribution in [3.63, 3.8) is 0 Å². The first-order valence-electron chi connectivity index (χ1n) is 20.5. The quantitative estimate of drug-likeness (QED) is 0.0421. The summed E-state index contributed by atoms with van der Waals surface area (Å²) >= 11 is 0. The van der Waals surface area contributed by atoms with Gasteiger partial charge in [-0.3, -0.25) is 4.79 Å². The molecule has 0 fully saturated rings. The minimum Gasteiger partial charge on any atom is -0.461 e. The summed E-state index contributed by atoms with van der Waals surface area (Å²) in [6.07, 6.45) is 37.1. The third kappa shape index (κ3) is 27.0. The summed E-state index contributed by atoms with van der Waals surface area (Å²) in [6, 6.07) is 10.4. The number of unbranched alkanes of at least 4 members (excludes halogenated alkanes) is 23. The zero-order chi connectivity index (χ0) is 34.0. The summed E-state index contributed by atoms with van der Waals surface area (Å²) in [7, 11) is 0. The SMILES string of the molecule is CCCCCCCCCCCCCCC[C@@H](OCc1ccccc1)[C@@H](CCCCCCCCCCCCCC)C(=O)OCC=C(C)C. The van der Waals surface area contributed by atoms with Crippen LogP contribution in [0.15, 0.2) is 42.0 Å². The Balaban J connectivity index is 2.55. The van der Waals surface area contributed by atoms with Crippen LogP contribution in [0.1, 0.15) is 207 Å². The molecule has 0 radical (unpaired) electrons. The molecule has 2 atom stereocenters. The fourth-order valence-electron chi connectivity index (χ4n) is 6.60. The van der Waals surface area contributed by atoms with Crippen LogP contribution < -0.4 is 0 Å². The molecular formula is C44H78O3. The van der Waals surface area contributed by atoms with Gasteiger partial charge in [0.2, 0.25) is 0 Å². The minimum atomic E-state index is -0.190. The summed E-state index contributed by atoms with van der Waals surface area (Å²) in [5.74, 6) is -0.261. The van der Waals surface area contributed by atoms with Crippen molar-refractivity contribution < 1.29 is 14.3 Å². The summed E-state index contributed by atoms with van der Waals surface area (Å²) in [6.45, 7) is 9.60. The number of allylic oxidation sites excluding steroid dienone is 1. The van der Waals surface area contributed by atoms with Crippen LogP contribution in [0.5, 0.6) is 0 Å².